The van der Waals surface area contributed by atoms with E-state index in [0.717, 1.165) is 5.56 Å². The van der Waals surface area contributed by atoms with E-state index in [1.165, 1.54) is 7.11 Å². The van der Waals surface area contributed by atoms with Crippen molar-refractivity contribution in [1.29, 1.82) is 0 Å². The summed E-state index contributed by atoms with van der Waals surface area (Å²) in [7, 11) is 2.93. The molecule has 2 rings (SSSR count). The van der Waals surface area contributed by atoms with Crippen molar-refractivity contribution in [2.24, 2.45) is 0 Å². The van der Waals surface area contributed by atoms with Gasteiger partial charge in [-0.25, -0.2) is 4.79 Å². The normalized spacial score (nSPS) is 12.9. The second-order valence-corrected chi connectivity index (χ2v) is 5.67. The molecule has 0 saturated heterocycles. The standard InChI is InChI=1S/C20H22O5/c1-14(18(23-2)13-19(21)24-3)15-9-11-17(12-10-15)25-20(22)16-7-5-4-6-8-16/h4-12,14,18H,13H2,1-3H3/t14-,18-/m1/s1. The first-order valence-corrected chi connectivity index (χ1v) is 8.02. The Morgan fingerprint density at radius 1 is 0.960 bits per heavy atom. The number of carbonyl (C=O) groups is 2. The molecule has 0 aromatic heterocycles. The molecule has 0 radical (unpaired) electrons. The summed E-state index contributed by atoms with van der Waals surface area (Å²) < 4.78 is 15.5. The Bertz CT molecular complexity index is 694. The monoisotopic (exact) mass is 342 g/mol. The summed E-state index contributed by atoms with van der Waals surface area (Å²) in [6.45, 7) is 1.97. The van der Waals surface area contributed by atoms with E-state index in [4.69, 9.17) is 14.2 Å². The summed E-state index contributed by atoms with van der Waals surface area (Å²) in [6.07, 6.45) is -0.107. The molecule has 0 spiro atoms. The summed E-state index contributed by atoms with van der Waals surface area (Å²) in [6, 6.07) is 16.0. The highest BCUT2D eigenvalue weighted by Crippen LogP contribution is 2.26. The number of ether oxygens (including phenoxy) is 3. The first kappa shape index (κ1) is 18.7. The Morgan fingerprint density at radius 2 is 1.60 bits per heavy atom. The lowest BCUT2D eigenvalue weighted by atomic mass is 9.93. The lowest BCUT2D eigenvalue weighted by Gasteiger charge is -2.22. The highest BCUT2D eigenvalue weighted by Gasteiger charge is 2.22. The van der Waals surface area contributed by atoms with Gasteiger partial charge < -0.3 is 14.2 Å². The van der Waals surface area contributed by atoms with E-state index in [9.17, 15) is 9.59 Å². The minimum atomic E-state index is -0.401. The van der Waals surface area contributed by atoms with Crippen molar-refractivity contribution in [3.05, 3.63) is 65.7 Å². The summed E-state index contributed by atoms with van der Waals surface area (Å²) in [5.74, 6) is -0.260. The molecule has 2 aromatic carbocycles. The number of hydrogen-bond acceptors (Lipinski definition) is 5. The fourth-order valence-electron chi connectivity index (χ4n) is 2.51. The maximum absolute atomic E-state index is 12.0. The van der Waals surface area contributed by atoms with Crippen LogP contribution in [0.15, 0.2) is 54.6 Å². The number of methoxy groups -OCH3 is 2. The number of carbonyl (C=O) groups excluding carboxylic acids is 2. The van der Waals surface area contributed by atoms with Crippen molar-refractivity contribution in [3.8, 4) is 5.75 Å². The van der Waals surface area contributed by atoms with E-state index in [1.807, 2.05) is 25.1 Å². The SMILES string of the molecule is COC(=O)C[C@@H](OC)[C@H](C)c1ccc(OC(=O)c2ccccc2)cc1. The van der Waals surface area contributed by atoms with Crippen LogP contribution in [0.2, 0.25) is 0 Å². The van der Waals surface area contributed by atoms with E-state index in [0.29, 0.717) is 11.3 Å². The van der Waals surface area contributed by atoms with Crippen molar-refractivity contribution < 1.29 is 23.8 Å². The Balaban J connectivity index is 2.03. The Labute approximate surface area is 147 Å². The molecule has 25 heavy (non-hydrogen) atoms. The summed E-state index contributed by atoms with van der Waals surface area (Å²) in [5, 5.41) is 0. The van der Waals surface area contributed by atoms with E-state index < -0.39 is 5.97 Å². The van der Waals surface area contributed by atoms with Gasteiger partial charge in [0, 0.05) is 13.0 Å². The zero-order valence-corrected chi connectivity index (χ0v) is 14.6. The van der Waals surface area contributed by atoms with Crippen molar-refractivity contribution in [1.82, 2.24) is 0 Å². The van der Waals surface area contributed by atoms with E-state index >= 15 is 0 Å². The first-order valence-electron chi connectivity index (χ1n) is 8.02. The molecular formula is C20H22O5. The average Bonchev–Trinajstić information content (AvgIpc) is 2.66. The van der Waals surface area contributed by atoms with Gasteiger partial charge in [-0.05, 0) is 29.8 Å². The molecule has 2 aromatic rings. The summed E-state index contributed by atoms with van der Waals surface area (Å²) >= 11 is 0. The molecule has 0 aliphatic rings. The highest BCUT2D eigenvalue weighted by atomic mass is 16.5. The van der Waals surface area contributed by atoms with E-state index in [2.05, 4.69) is 0 Å². The van der Waals surface area contributed by atoms with Gasteiger partial charge >= 0.3 is 11.9 Å². The Morgan fingerprint density at radius 3 is 2.16 bits per heavy atom. The van der Waals surface area contributed by atoms with Crippen LogP contribution in [0.1, 0.15) is 35.2 Å². The largest absolute Gasteiger partial charge is 0.469 e. The molecule has 5 heteroatoms. The van der Waals surface area contributed by atoms with Crippen molar-refractivity contribution in [2.45, 2.75) is 25.4 Å². The fourth-order valence-corrected chi connectivity index (χ4v) is 2.51. The van der Waals surface area contributed by atoms with Gasteiger partial charge in [-0.2, -0.15) is 0 Å². The van der Waals surface area contributed by atoms with Crippen LogP contribution in [-0.2, 0) is 14.3 Å². The van der Waals surface area contributed by atoms with E-state index in [-0.39, 0.29) is 24.4 Å². The molecule has 0 aliphatic carbocycles. The number of rotatable bonds is 7. The molecule has 0 amide bonds. The molecular weight excluding hydrogens is 320 g/mol. The lowest BCUT2D eigenvalue weighted by molar-refractivity contribution is -0.143. The molecule has 0 aliphatic heterocycles. The molecule has 0 fully saturated rings. The van der Waals surface area contributed by atoms with Crippen LogP contribution in [0.5, 0.6) is 5.75 Å². The minimum Gasteiger partial charge on any atom is -0.469 e. The van der Waals surface area contributed by atoms with Gasteiger partial charge in [0.1, 0.15) is 5.75 Å². The second-order valence-electron chi connectivity index (χ2n) is 5.67. The van der Waals surface area contributed by atoms with Crippen LogP contribution < -0.4 is 4.74 Å². The first-order chi connectivity index (χ1) is 12.0. The Hall–Kier alpha value is -2.66. The van der Waals surface area contributed by atoms with Crippen molar-refractivity contribution >= 4 is 11.9 Å². The van der Waals surface area contributed by atoms with Crippen LogP contribution in [0, 0.1) is 0 Å². The zero-order chi connectivity index (χ0) is 18.2. The predicted octanol–water partition coefficient (Wildman–Crippen LogP) is 3.59. The van der Waals surface area contributed by atoms with Gasteiger partial charge in [-0.1, -0.05) is 37.3 Å². The number of esters is 2. The third-order valence-electron chi connectivity index (χ3n) is 4.08. The lowest BCUT2D eigenvalue weighted by Crippen LogP contribution is -2.23. The topological polar surface area (TPSA) is 61.8 Å². The minimum absolute atomic E-state index is 0.0111. The van der Waals surface area contributed by atoms with Crippen LogP contribution in [0.4, 0.5) is 0 Å². The van der Waals surface area contributed by atoms with Crippen LogP contribution in [-0.4, -0.2) is 32.3 Å². The van der Waals surface area contributed by atoms with Crippen molar-refractivity contribution in [3.63, 3.8) is 0 Å². The third-order valence-corrected chi connectivity index (χ3v) is 4.08. The molecule has 2 atom stereocenters. The van der Waals surface area contributed by atoms with Crippen LogP contribution >= 0.6 is 0 Å². The van der Waals surface area contributed by atoms with Gasteiger partial charge in [0.2, 0.25) is 0 Å². The van der Waals surface area contributed by atoms with Crippen molar-refractivity contribution in [2.75, 3.05) is 14.2 Å². The highest BCUT2D eigenvalue weighted by molar-refractivity contribution is 5.90. The zero-order valence-electron chi connectivity index (χ0n) is 14.6. The average molecular weight is 342 g/mol. The third kappa shape index (κ3) is 5.16. The van der Waals surface area contributed by atoms with E-state index in [1.54, 1.807) is 43.5 Å². The quantitative estimate of drug-likeness (QED) is 0.568. The van der Waals surface area contributed by atoms with Crippen LogP contribution in [0.25, 0.3) is 0 Å². The number of benzene rings is 2. The van der Waals surface area contributed by atoms with Gasteiger partial charge in [0.25, 0.3) is 0 Å². The second kappa shape index (κ2) is 8.99. The molecule has 0 N–H and O–H groups in total. The van der Waals surface area contributed by atoms with Gasteiger partial charge in [0.05, 0.1) is 25.2 Å². The fraction of sp³-hybridized carbons (Fsp3) is 0.300. The maximum Gasteiger partial charge on any atom is 0.343 e. The van der Waals surface area contributed by atoms with Crippen LogP contribution in [0.3, 0.4) is 0 Å². The number of hydrogen-bond donors (Lipinski definition) is 0. The summed E-state index contributed by atoms with van der Waals surface area (Å²) in [4.78, 5) is 23.5. The van der Waals surface area contributed by atoms with Gasteiger partial charge in [-0.3, -0.25) is 4.79 Å². The molecule has 0 unspecified atom stereocenters. The smallest absolute Gasteiger partial charge is 0.343 e. The molecule has 0 heterocycles. The molecule has 132 valence electrons. The maximum atomic E-state index is 12.0. The molecule has 0 bridgehead atoms. The summed E-state index contributed by atoms with van der Waals surface area (Å²) in [5.41, 5.74) is 1.48. The molecule has 5 nitrogen and oxygen atoms in total. The predicted molar refractivity (Wildman–Crippen MR) is 93.7 cm³/mol. The molecule has 0 saturated carbocycles. The van der Waals surface area contributed by atoms with Gasteiger partial charge in [-0.15, -0.1) is 0 Å². The van der Waals surface area contributed by atoms with Gasteiger partial charge in [0.15, 0.2) is 0 Å². The Kier molecular flexibility index (Phi) is 6.71.